The first-order valence-electron chi connectivity index (χ1n) is 4.56. The molecule has 0 saturated carbocycles. The van der Waals surface area contributed by atoms with Crippen molar-refractivity contribution in [2.24, 2.45) is 0 Å². The highest BCUT2D eigenvalue weighted by atomic mass is 19.1. The Bertz CT molecular complexity index is 645. The summed E-state index contributed by atoms with van der Waals surface area (Å²) in [6, 6.07) is 3.97. The standard InChI is InChI=1S/C11H8FNO3/c1-5-8(11(15)16)10(14)6-3-2-4-7(12)9(6)13-5/h2-4H,1H3,(H,13,14)(H,15,16). The fourth-order valence-electron chi connectivity index (χ4n) is 1.65. The normalized spacial score (nSPS) is 10.6. The quantitative estimate of drug-likeness (QED) is 0.769. The predicted octanol–water partition coefficient (Wildman–Crippen LogP) is 1.67. The molecular formula is C11H8FNO3. The van der Waals surface area contributed by atoms with Crippen LogP contribution in [0.4, 0.5) is 4.39 Å². The van der Waals surface area contributed by atoms with Gasteiger partial charge in [0.1, 0.15) is 11.4 Å². The third kappa shape index (κ3) is 1.37. The predicted molar refractivity (Wildman–Crippen MR) is 56.2 cm³/mol. The van der Waals surface area contributed by atoms with E-state index in [1.807, 2.05) is 0 Å². The first-order valence-corrected chi connectivity index (χ1v) is 4.56. The van der Waals surface area contributed by atoms with E-state index in [1.165, 1.54) is 25.1 Å². The van der Waals surface area contributed by atoms with Gasteiger partial charge in [0.2, 0.25) is 5.43 Å². The Morgan fingerprint density at radius 3 is 2.75 bits per heavy atom. The van der Waals surface area contributed by atoms with E-state index in [0.717, 1.165) is 0 Å². The average molecular weight is 221 g/mol. The largest absolute Gasteiger partial charge is 0.477 e. The second kappa shape index (κ2) is 3.44. The number of carboxylic acid groups (broad SMARTS) is 1. The van der Waals surface area contributed by atoms with Crippen LogP contribution >= 0.6 is 0 Å². The number of para-hydroxylation sites is 1. The molecule has 0 unspecified atom stereocenters. The number of nitrogens with one attached hydrogen (secondary N) is 1. The highest BCUT2D eigenvalue weighted by molar-refractivity contribution is 5.93. The Morgan fingerprint density at radius 2 is 2.12 bits per heavy atom. The number of H-pyrrole nitrogens is 1. The minimum atomic E-state index is -1.31. The zero-order valence-corrected chi connectivity index (χ0v) is 8.37. The summed E-state index contributed by atoms with van der Waals surface area (Å²) >= 11 is 0. The molecular weight excluding hydrogens is 213 g/mol. The Hall–Kier alpha value is -2.17. The number of aryl methyl sites for hydroxylation is 1. The molecule has 0 aliphatic rings. The van der Waals surface area contributed by atoms with Crippen molar-refractivity contribution in [2.75, 3.05) is 0 Å². The topological polar surface area (TPSA) is 70.2 Å². The van der Waals surface area contributed by atoms with E-state index in [9.17, 15) is 14.0 Å². The summed E-state index contributed by atoms with van der Waals surface area (Å²) in [6.45, 7) is 1.43. The molecule has 1 aromatic heterocycles. The van der Waals surface area contributed by atoms with E-state index in [0.29, 0.717) is 0 Å². The molecule has 2 rings (SSSR count). The zero-order valence-electron chi connectivity index (χ0n) is 8.37. The summed E-state index contributed by atoms with van der Waals surface area (Å²) in [5.41, 5.74) is -0.832. The SMILES string of the molecule is Cc1[nH]c2c(F)cccc2c(=O)c1C(=O)O. The van der Waals surface area contributed by atoms with Crippen molar-refractivity contribution < 1.29 is 14.3 Å². The molecule has 4 nitrogen and oxygen atoms in total. The van der Waals surface area contributed by atoms with Crippen molar-refractivity contribution in [3.63, 3.8) is 0 Å². The van der Waals surface area contributed by atoms with Gasteiger partial charge in [-0.15, -0.1) is 0 Å². The molecule has 2 aromatic rings. The van der Waals surface area contributed by atoms with Gasteiger partial charge >= 0.3 is 5.97 Å². The Morgan fingerprint density at radius 1 is 1.44 bits per heavy atom. The van der Waals surface area contributed by atoms with Crippen molar-refractivity contribution in [2.45, 2.75) is 6.92 Å². The van der Waals surface area contributed by atoms with Crippen LogP contribution in [-0.4, -0.2) is 16.1 Å². The van der Waals surface area contributed by atoms with Crippen molar-refractivity contribution >= 4 is 16.9 Å². The summed E-state index contributed by atoms with van der Waals surface area (Å²) in [4.78, 5) is 25.2. The van der Waals surface area contributed by atoms with Crippen molar-refractivity contribution in [1.82, 2.24) is 4.98 Å². The molecule has 0 amide bonds. The van der Waals surface area contributed by atoms with E-state index in [-0.39, 0.29) is 22.2 Å². The lowest BCUT2D eigenvalue weighted by Crippen LogP contribution is -2.18. The van der Waals surface area contributed by atoms with Crippen molar-refractivity contribution in [3.8, 4) is 0 Å². The molecule has 0 radical (unpaired) electrons. The van der Waals surface area contributed by atoms with E-state index < -0.39 is 17.2 Å². The Labute approximate surface area is 89.3 Å². The summed E-state index contributed by atoms with van der Waals surface area (Å²) < 4.78 is 13.4. The van der Waals surface area contributed by atoms with Crippen LogP contribution in [-0.2, 0) is 0 Å². The number of fused-ring (bicyclic) bond motifs is 1. The molecule has 1 heterocycles. The van der Waals surface area contributed by atoms with Crippen LogP contribution in [0.5, 0.6) is 0 Å². The van der Waals surface area contributed by atoms with Gasteiger partial charge in [-0.2, -0.15) is 0 Å². The van der Waals surface area contributed by atoms with Crippen LogP contribution in [0.15, 0.2) is 23.0 Å². The van der Waals surface area contributed by atoms with Gasteiger partial charge in [-0.05, 0) is 19.1 Å². The minimum Gasteiger partial charge on any atom is -0.477 e. The number of carbonyl (C=O) groups is 1. The number of hydrogen-bond acceptors (Lipinski definition) is 2. The highest BCUT2D eigenvalue weighted by Gasteiger charge is 2.16. The molecule has 0 saturated heterocycles. The van der Waals surface area contributed by atoms with Crippen LogP contribution in [0.3, 0.4) is 0 Å². The second-order valence-electron chi connectivity index (χ2n) is 3.42. The van der Waals surface area contributed by atoms with Gasteiger partial charge in [-0.1, -0.05) is 6.07 Å². The molecule has 0 spiro atoms. The maximum atomic E-state index is 13.4. The molecule has 0 fully saturated rings. The van der Waals surface area contributed by atoms with E-state index in [4.69, 9.17) is 5.11 Å². The molecule has 2 N–H and O–H groups in total. The van der Waals surface area contributed by atoms with Gasteiger partial charge in [0.15, 0.2) is 0 Å². The number of halogens is 1. The number of aromatic nitrogens is 1. The van der Waals surface area contributed by atoms with Crippen LogP contribution in [0.25, 0.3) is 10.9 Å². The molecule has 0 aliphatic carbocycles. The third-order valence-electron chi connectivity index (χ3n) is 2.39. The van der Waals surface area contributed by atoms with Crippen LogP contribution in [0.2, 0.25) is 0 Å². The number of aromatic amines is 1. The van der Waals surface area contributed by atoms with Crippen molar-refractivity contribution in [1.29, 1.82) is 0 Å². The third-order valence-corrected chi connectivity index (χ3v) is 2.39. The highest BCUT2D eigenvalue weighted by Crippen LogP contribution is 2.14. The molecule has 1 aromatic carbocycles. The molecule has 5 heteroatoms. The smallest absolute Gasteiger partial charge is 0.341 e. The minimum absolute atomic E-state index is 0.0370. The van der Waals surface area contributed by atoms with E-state index >= 15 is 0 Å². The van der Waals surface area contributed by atoms with Gasteiger partial charge in [-0.3, -0.25) is 4.79 Å². The van der Waals surface area contributed by atoms with Crippen molar-refractivity contribution in [3.05, 3.63) is 45.5 Å². The lowest BCUT2D eigenvalue weighted by Gasteiger charge is -2.04. The second-order valence-corrected chi connectivity index (χ2v) is 3.42. The maximum Gasteiger partial charge on any atom is 0.341 e. The Kier molecular flexibility index (Phi) is 2.23. The summed E-state index contributed by atoms with van der Waals surface area (Å²) in [6.07, 6.45) is 0. The molecule has 0 aliphatic heterocycles. The van der Waals surface area contributed by atoms with Crippen LogP contribution < -0.4 is 5.43 Å². The van der Waals surface area contributed by atoms with Gasteiger partial charge in [0.25, 0.3) is 0 Å². The number of carboxylic acids is 1. The Balaban J connectivity index is 3.01. The first-order chi connectivity index (χ1) is 7.52. The number of pyridine rings is 1. The van der Waals surface area contributed by atoms with Gasteiger partial charge in [0, 0.05) is 11.1 Å². The lowest BCUT2D eigenvalue weighted by atomic mass is 10.1. The van der Waals surface area contributed by atoms with E-state index in [2.05, 4.69) is 4.98 Å². The lowest BCUT2D eigenvalue weighted by molar-refractivity contribution is 0.0694. The first kappa shape index (κ1) is 10.4. The zero-order chi connectivity index (χ0) is 11.9. The fourth-order valence-corrected chi connectivity index (χ4v) is 1.65. The average Bonchev–Trinajstić information content (AvgIpc) is 2.19. The van der Waals surface area contributed by atoms with Crippen LogP contribution in [0.1, 0.15) is 16.1 Å². The molecule has 16 heavy (non-hydrogen) atoms. The fraction of sp³-hybridized carbons (Fsp3) is 0.0909. The summed E-state index contributed by atoms with van der Waals surface area (Å²) in [7, 11) is 0. The number of hydrogen-bond donors (Lipinski definition) is 2. The molecule has 0 bridgehead atoms. The summed E-state index contributed by atoms with van der Waals surface area (Å²) in [5.74, 6) is -1.89. The van der Waals surface area contributed by atoms with E-state index in [1.54, 1.807) is 0 Å². The monoisotopic (exact) mass is 221 g/mol. The number of rotatable bonds is 1. The maximum absolute atomic E-state index is 13.4. The molecule has 82 valence electrons. The summed E-state index contributed by atoms with van der Waals surface area (Å²) in [5, 5.41) is 8.91. The molecule has 0 atom stereocenters. The van der Waals surface area contributed by atoms with Crippen LogP contribution in [0, 0.1) is 12.7 Å². The number of benzene rings is 1. The van der Waals surface area contributed by atoms with Gasteiger partial charge in [-0.25, -0.2) is 9.18 Å². The number of aromatic carboxylic acids is 1. The van der Waals surface area contributed by atoms with Gasteiger partial charge < -0.3 is 10.1 Å². The van der Waals surface area contributed by atoms with Gasteiger partial charge in [0.05, 0.1) is 5.52 Å².